The summed E-state index contributed by atoms with van der Waals surface area (Å²) in [5, 5.41) is 0. The molecule has 2 fully saturated rings. The normalized spacial score (nSPS) is 40.2. The van der Waals surface area contributed by atoms with Crippen molar-refractivity contribution in [1.82, 2.24) is 0 Å². The SMILES string of the molecule is C=C[C@H](C)C[C@H]1CCCC(C[C@H]2C[C@@H](C)CC(C)O2)O1. The number of hydrogen-bond donors (Lipinski definition) is 0. The summed E-state index contributed by atoms with van der Waals surface area (Å²) in [5.74, 6) is 1.36. The van der Waals surface area contributed by atoms with Crippen LogP contribution in [0.5, 0.6) is 0 Å². The molecule has 0 aromatic carbocycles. The zero-order valence-corrected chi connectivity index (χ0v) is 13.5. The quantitative estimate of drug-likeness (QED) is 0.678. The molecule has 2 heteroatoms. The molecule has 2 unspecified atom stereocenters. The van der Waals surface area contributed by atoms with Crippen LogP contribution < -0.4 is 0 Å². The molecule has 0 amide bonds. The lowest BCUT2D eigenvalue weighted by atomic mass is 9.89. The first-order valence-corrected chi connectivity index (χ1v) is 8.50. The Morgan fingerprint density at radius 1 is 1.10 bits per heavy atom. The highest BCUT2D eigenvalue weighted by atomic mass is 16.5. The van der Waals surface area contributed by atoms with Crippen LogP contribution in [0.3, 0.4) is 0 Å². The summed E-state index contributed by atoms with van der Waals surface area (Å²) in [4.78, 5) is 0. The Morgan fingerprint density at radius 2 is 1.85 bits per heavy atom. The Hall–Kier alpha value is -0.340. The van der Waals surface area contributed by atoms with E-state index in [1.54, 1.807) is 0 Å². The summed E-state index contributed by atoms with van der Waals surface area (Å²) in [5.41, 5.74) is 0. The van der Waals surface area contributed by atoms with E-state index in [0.29, 0.717) is 30.3 Å². The third kappa shape index (κ3) is 4.89. The first-order chi connectivity index (χ1) is 9.56. The second-order valence-electron chi connectivity index (χ2n) is 7.14. The molecule has 0 aliphatic carbocycles. The molecule has 6 atom stereocenters. The summed E-state index contributed by atoms with van der Waals surface area (Å²) in [6.45, 7) is 10.7. The van der Waals surface area contributed by atoms with Crippen molar-refractivity contribution in [3.63, 3.8) is 0 Å². The van der Waals surface area contributed by atoms with Crippen molar-refractivity contribution >= 4 is 0 Å². The van der Waals surface area contributed by atoms with E-state index >= 15 is 0 Å². The highest BCUT2D eigenvalue weighted by Gasteiger charge is 2.30. The van der Waals surface area contributed by atoms with E-state index in [0.717, 1.165) is 18.8 Å². The van der Waals surface area contributed by atoms with Gasteiger partial charge in [0.05, 0.1) is 24.4 Å². The fourth-order valence-corrected chi connectivity index (χ4v) is 3.84. The molecule has 0 aromatic rings. The molecule has 0 saturated carbocycles. The van der Waals surface area contributed by atoms with Crippen LogP contribution in [0.25, 0.3) is 0 Å². The molecule has 0 spiro atoms. The molecule has 2 heterocycles. The largest absolute Gasteiger partial charge is 0.375 e. The number of hydrogen-bond acceptors (Lipinski definition) is 2. The van der Waals surface area contributed by atoms with Gasteiger partial charge in [0.15, 0.2) is 0 Å². The van der Waals surface area contributed by atoms with Crippen LogP contribution >= 0.6 is 0 Å². The molecule has 2 aliphatic rings. The fourth-order valence-electron chi connectivity index (χ4n) is 3.84. The van der Waals surface area contributed by atoms with E-state index in [1.807, 2.05) is 6.08 Å². The Kier molecular flexibility index (Phi) is 6.10. The van der Waals surface area contributed by atoms with Crippen molar-refractivity contribution in [2.45, 2.75) is 90.1 Å². The van der Waals surface area contributed by atoms with Gasteiger partial charge in [-0.25, -0.2) is 0 Å². The molecule has 20 heavy (non-hydrogen) atoms. The van der Waals surface area contributed by atoms with E-state index in [2.05, 4.69) is 27.4 Å². The van der Waals surface area contributed by atoms with E-state index < -0.39 is 0 Å². The van der Waals surface area contributed by atoms with Gasteiger partial charge in [-0.3, -0.25) is 0 Å². The van der Waals surface area contributed by atoms with Crippen LogP contribution in [0.1, 0.15) is 65.7 Å². The van der Waals surface area contributed by atoms with Gasteiger partial charge in [-0.15, -0.1) is 6.58 Å². The minimum absolute atomic E-state index is 0.410. The molecule has 0 bridgehead atoms. The summed E-state index contributed by atoms with van der Waals surface area (Å²) in [7, 11) is 0. The lowest BCUT2D eigenvalue weighted by Crippen LogP contribution is -2.36. The first kappa shape index (κ1) is 16.0. The van der Waals surface area contributed by atoms with Gasteiger partial charge in [0, 0.05) is 0 Å². The predicted octanol–water partition coefficient (Wildman–Crippen LogP) is 4.73. The zero-order valence-electron chi connectivity index (χ0n) is 13.5. The molecule has 2 rings (SSSR count). The second kappa shape index (κ2) is 7.61. The van der Waals surface area contributed by atoms with Crippen LogP contribution in [-0.2, 0) is 9.47 Å². The number of rotatable bonds is 5. The summed E-state index contributed by atoms with van der Waals surface area (Å²) >= 11 is 0. The van der Waals surface area contributed by atoms with Crippen LogP contribution in [-0.4, -0.2) is 24.4 Å². The molecule has 0 radical (unpaired) electrons. The molecule has 116 valence electrons. The highest BCUT2D eigenvalue weighted by molar-refractivity contribution is 4.82. The average molecular weight is 280 g/mol. The fraction of sp³-hybridized carbons (Fsp3) is 0.889. The number of allylic oxidation sites excluding steroid dienone is 1. The molecular weight excluding hydrogens is 248 g/mol. The van der Waals surface area contributed by atoms with E-state index in [9.17, 15) is 0 Å². The Bertz CT molecular complexity index is 292. The molecule has 2 aliphatic heterocycles. The molecule has 0 N–H and O–H groups in total. The minimum atomic E-state index is 0.410. The van der Waals surface area contributed by atoms with Crippen molar-refractivity contribution in [3.05, 3.63) is 12.7 Å². The molecule has 2 nitrogen and oxygen atoms in total. The zero-order chi connectivity index (χ0) is 14.5. The maximum atomic E-state index is 6.30. The van der Waals surface area contributed by atoms with Crippen LogP contribution in [0.2, 0.25) is 0 Å². The van der Waals surface area contributed by atoms with Gasteiger partial charge in [-0.2, -0.15) is 0 Å². The molecule has 2 saturated heterocycles. The molecular formula is C18H32O2. The van der Waals surface area contributed by atoms with Gasteiger partial charge in [-0.1, -0.05) is 19.9 Å². The van der Waals surface area contributed by atoms with Crippen molar-refractivity contribution < 1.29 is 9.47 Å². The Morgan fingerprint density at radius 3 is 2.55 bits per heavy atom. The second-order valence-corrected chi connectivity index (χ2v) is 7.14. The maximum Gasteiger partial charge on any atom is 0.0606 e. The van der Waals surface area contributed by atoms with Crippen molar-refractivity contribution in [2.75, 3.05) is 0 Å². The highest BCUT2D eigenvalue weighted by Crippen LogP contribution is 2.31. The van der Waals surface area contributed by atoms with Gasteiger partial charge in [-0.05, 0) is 63.7 Å². The van der Waals surface area contributed by atoms with Crippen LogP contribution in [0, 0.1) is 11.8 Å². The topological polar surface area (TPSA) is 18.5 Å². The summed E-state index contributed by atoms with van der Waals surface area (Å²) < 4.78 is 12.4. The summed E-state index contributed by atoms with van der Waals surface area (Å²) in [6.07, 6.45) is 12.1. The lowest BCUT2D eigenvalue weighted by Gasteiger charge is -2.37. The third-order valence-corrected chi connectivity index (χ3v) is 4.82. The minimum Gasteiger partial charge on any atom is -0.375 e. The Balaban J connectivity index is 1.78. The van der Waals surface area contributed by atoms with E-state index in [-0.39, 0.29) is 0 Å². The first-order valence-electron chi connectivity index (χ1n) is 8.50. The van der Waals surface area contributed by atoms with Gasteiger partial charge in [0.1, 0.15) is 0 Å². The Labute approximate surface area is 124 Å². The van der Waals surface area contributed by atoms with Gasteiger partial charge < -0.3 is 9.47 Å². The monoisotopic (exact) mass is 280 g/mol. The van der Waals surface area contributed by atoms with Crippen molar-refractivity contribution in [1.29, 1.82) is 0 Å². The van der Waals surface area contributed by atoms with Gasteiger partial charge >= 0.3 is 0 Å². The van der Waals surface area contributed by atoms with Crippen molar-refractivity contribution in [2.24, 2.45) is 11.8 Å². The molecule has 0 aromatic heterocycles. The van der Waals surface area contributed by atoms with Crippen LogP contribution in [0.4, 0.5) is 0 Å². The van der Waals surface area contributed by atoms with Crippen LogP contribution in [0.15, 0.2) is 12.7 Å². The van der Waals surface area contributed by atoms with E-state index in [4.69, 9.17) is 9.47 Å². The standard InChI is InChI=1S/C18H32O2/c1-5-13(2)10-16-7-6-8-17(20-16)12-18-11-14(3)9-15(4)19-18/h5,13-18H,1,6-12H2,2-4H3/t13-,14-,15?,16+,17?,18+/m0/s1. The predicted molar refractivity (Wildman–Crippen MR) is 83.8 cm³/mol. The van der Waals surface area contributed by atoms with Gasteiger partial charge in [0.2, 0.25) is 0 Å². The van der Waals surface area contributed by atoms with Crippen molar-refractivity contribution in [3.8, 4) is 0 Å². The van der Waals surface area contributed by atoms with E-state index in [1.165, 1.54) is 32.1 Å². The lowest BCUT2D eigenvalue weighted by molar-refractivity contribution is -0.113. The average Bonchev–Trinajstić information content (AvgIpc) is 2.37. The number of ether oxygens (including phenoxy) is 2. The van der Waals surface area contributed by atoms with Gasteiger partial charge in [0.25, 0.3) is 0 Å². The summed E-state index contributed by atoms with van der Waals surface area (Å²) in [6, 6.07) is 0. The maximum absolute atomic E-state index is 6.30. The smallest absolute Gasteiger partial charge is 0.0606 e. The third-order valence-electron chi connectivity index (χ3n) is 4.82.